The number of fused-ring (bicyclic) bond motifs is 6. The summed E-state index contributed by atoms with van der Waals surface area (Å²) < 4.78 is 6.46. The summed E-state index contributed by atoms with van der Waals surface area (Å²) in [4.78, 5) is 2.40. The maximum atomic E-state index is 6.46. The normalized spacial score (nSPS) is 12.7. The van der Waals surface area contributed by atoms with Crippen molar-refractivity contribution in [1.82, 2.24) is 0 Å². The highest BCUT2D eigenvalue weighted by Gasteiger charge is 2.35. The van der Waals surface area contributed by atoms with Crippen molar-refractivity contribution in [2.45, 2.75) is 19.3 Å². The fourth-order valence-corrected chi connectivity index (χ4v) is 9.38. The highest BCUT2D eigenvalue weighted by Crippen LogP contribution is 2.51. The highest BCUT2D eigenvalue weighted by molar-refractivity contribution is 6.09. The van der Waals surface area contributed by atoms with Crippen molar-refractivity contribution < 1.29 is 4.42 Å². The first-order valence-electron chi connectivity index (χ1n) is 20.4. The fourth-order valence-electron chi connectivity index (χ4n) is 9.38. The second kappa shape index (κ2) is 13.9. The molecule has 0 saturated heterocycles. The molecule has 2 nitrogen and oxygen atoms in total. The average Bonchev–Trinajstić information content (AvgIpc) is 3.79. The molecule has 2 heteroatoms. The topological polar surface area (TPSA) is 16.4 Å². The zero-order chi connectivity index (χ0) is 39.5. The minimum absolute atomic E-state index is 0.0404. The molecule has 59 heavy (non-hydrogen) atoms. The Hall–Kier alpha value is -7.42. The van der Waals surface area contributed by atoms with Crippen LogP contribution in [0.3, 0.4) is 0 Å². The van der Waals surface area contributed by atoms with E-state index in [4.69, 9.17) is 4.42 Å². The van der Waals surface area contributed by atoms with E-state index in [-0.39, 0.29) is 5.41 Å². The zero-order valence-electron chi connectivity index (χ0n) is 33.1. The number of rotatable bonds is 7. The SMILES string of the molecule is CC1(C)c2ccccc2-c2cc(-c3ccccc3-c3ccccc3N(c3ccc(-c4ccccc4)cc3)c3ccc(-c4cccc5c4oc4ccccc45)cc3)ccc21. The molecular formula is C57H41NO. The lowest BCUT2D eigenvalue weighted by molar-refractivity contribution is 0.660. The number of hydrogen-bond donors (Lipinski definition) is 0. The smallest absolute Gasteiger partial charge is 0.143 e. The van der Waals surface area contributed by atoms with E-state index in [1.807, 2.05) is 12.1 Å². The maximum absolute atomic E-state index is 6.46. The molecule has 280 valence electrons. The van der Waals surface area contributed by atoms with Crippen LogP contribution in [0, 0.1) is 0 Å². The van der Waals surface area contributed by atoms with Crippen LogP contribution in [0.1, 0.15) is 25.0 Å². The molecule has 1 aliphatic rings. The van der Waals surface area contributed by atoms with Crippen LogP contribution in [0.5, 0.6) is 0 Å². The van der Waals surface area contributed by atoms with Crippen LogP contribution >= 0.6 is 0 Å². The first-order chi connectivity index (χ1) is 29.0. The number of furan rings is 1. The van der Waals surface area contributed by atoms with E-state index in [9.17, 15) is 0 Å². The van der Waals surface area contributed by atoms with Gasteiger partial charge in [-0.15, -0.1) is 0 Å². The molecule has 0 bridgehead atoms. The van der Waals surface area contributed by atoms with Crippen molar-refractivity contribution >= 4 is 39.0 Å². The molecular weight excluding hydrogens is 715 g/mol. The Balaban J connectivity index is 1.05. The second-order valence-electron chi connectivity index (χ2n) is 16.1. The molecule has 0 unspecified atom stereocenters. The van der Waals surface area contributed by atoms with Gasteiger partial charge in [0.25, 0.3) is 0 Å². The first-order valence-corrected chi connectivity index (χ1v) is 20.4. The van der Waals surface area contributed by atoms with Gasteiger partial charge in [0.05, 0.1) is 5.69 Å². The van der Waals surface area contributed by atoms with E-state index in [1.54, 1.807) is 0 Å². The van der Waals surface area contributed by atoms with Crippen molar-refractivity contribution in [3.8, 4) is 55.6 Å². The molecule has 0 spiro atoms. The summed E-state index contributed by atoms with van der Waals surface area (Å²) in [6, 6.07) is 76.8. The van der Waals surface area contributed by atoms with Crippen LogP contribution < -0.4 is 4.90 Å². The minimum Gasteiger partial charge on any atom is -0.455 e. The quantitative estimate of drug-likeness (QED) is 0.161. The Bertz CT molecular complexity index is 3170. The van der Waals surface area contributed by atoms with E-state index in [2.05, 4.69) is 219 Å². The number of nitrogens with zero attached hydrogens (tertiary/aromatic N) is 1. The Morgan fingerprint density at radius 2 is 0.898 bits per heavy atom. The Kier molecular flexibility index (Phi) is 8.20. The Morgan fingerprint density at radius 3 is 1.68 bits per heavy atom. The molecule has 10 aromatic rings. The summed E-state index contributed by atoms with van der Waals surface area (Å²) in [6.07, 6.45) is 0. The van der Waals surface area contributed by atoms with Gasteiger partial charge in [-0.1, -0.05) is 184 Å². The predicted octanol–water partition coefficient (Wildman–Crippen LogP) is 16.0. The van der Waals surface area contributed by atoms with Crippen LogP contribution in [0.4, 0.5) is 17.1 Å². The maximum Gasteiger partial charge on any atom is 0.143 e. The number of para-hydroxylation sites is 3. The van der Waals surface area contributed by atoms with Crippen LogP contribution in [0.25, 0.3) is 77.6 Å². The third-order valence-electron chi connectivity index (χ3n) is 12.3. The predicted molar refractivity (Wildman–Crippen MR) is 248 cm³/mol. The third-order valence-corrected chi connectivity index (χ3v) is 12.3. The number of anilines is 3. The lowest BCUT2D eigenvalue weighted by Crippen LogP contribution is -2.14. The fraction of sp³-hybridized carbons (Fsp3) is 0.0526. The van der Waals surface area contributed by atoms with Crippen LogP contribution in [0.15, 0.2) is 217 Å². The van der Waals surface area contributed by atoms with Gasteiger partial charge < -0.3 is 9.32 Å². The third kappa shape index (κ3) is 5.79. The van der Waals surface area contributed by atoms with Crippen molar-refractivity contribution in [3.05, 3.63) is 223 Å². The zero-order valence-corrected chi connectivity index (χ0v) is 33.1. The molecule has 9 aromatic carbocycles. The van der Waals surface area contributed by atoms with Gasteiger partial charge in [-0.2, -0.15) is 0 Å². The summed E-state index contributed by atoms with van der Waals surface area (Å²) in [5.74, 6) is 0. The summed E-state index contributed by atoms with van der Waals surface area (Å²) in [5, 5.41) is 2.27. The van der Waals surface area contributed by atoms with E-state index in [1.165, 1.54) is 50.1 Å². The van der Waals surface area contributed by atoms with Crippen LogP contribution in [-0.4, -0.2) is 0 Å². The molecule has 1 aliphatic carbocycles. The molecule has 0 amide bonds. The summed E-state index contributed by atoms with van der Waals surface area (Å²) in [7, 11) is 0. The Morgan fingerprint density at radius 1 is 0.356 bits per heavy atom. The van der Waals surface area contributed by atoms with Gasteiger partial charge in [-0.25, -0.2) is 0 Å². The van der Waals surface area contributed by atoms with Gasteiger partial charge in [0, 0.05) is 38.7 Å². The van der Waals surface area contributed by atoms with E-state index >= 15 is 0 Å². The highest BCUT2D eigenvalue weighted by atomic mass is 16.3. The molecule has 0 N–H and O–H groups in total. The van der Waals surface area contributed by atoms with Crippen molar-refractivity contribution in [3.63, 3.8) is 0 Å². The first kappa shape index (κ1) is 34.8. The number of hydrogen-bond acceptors (Lipinski definition) is 2. The van der Waals surface area contributed by atoms with Gasteiger partial charge in [-0.05, 0) is 98.1 Å². The Labute approximate surface area is 345 Å². The lowest BCUT2D eigenvalue weighted by Gasteiger charge is -2.29. The van der Waals surface area contributed by atoms with Gasteiger partial charge in [0.1, 0.15) is 11.2 Å². The van der Waals surface area contributed by atoms with Crippen molar-refractivity contribution in [1.29, 1.82) is 0 Å². The molecule has 0 radical (unpaired) electrons. The molecule has 1 aromatic heterocycles. The summed E-state index contributed by atoms with van der Waals surface area (Å²) in [5.41, 5.74) is 19.8. The van der Waals surface area contributed by atoms with Crippen molar-refractivity contribution in [2.75, 3.05) is 4.90 Å². The monoisotopic (exact) mass is 755 g/mol. The average molecular weight is 756 g/mol. The van der Waals surface area contributed by atoms with E-state index in [0.717, 1.165) is 55.7 Å². The molecule has 1 heterocycles. The second-order valence-corrected chi connectivity index (χ2v) is 16.1. The standard InChI is InChI=1S/C57H41NO/c1-57(2)52-24-11-8-19-47(52)51-37-41(31-36-53(51)57)44-17-6-7-18-46(44)48-20-9-12-25-54(48)58(42-32-27-39(28-33-42)38-15-4-3-5-16-38)43-34-29-40(30-35-43)45-22-14-23-50-49-21-10-13-26-55(49)59-56(45)50/h3-37H,1-2H3. The molecule has 0 fully saturated rings. The summed E-state index contributed by atoms with van der Waals surface area (Å²) in [6.45, 7) is 4.68. The summed E-state index contributed by atoms with van der Waals surface area (Å²) >= 11 is 0. The van der Waals surface area contributed by atoms with Gasteiger partial charge >= 0.3 is 0 Å². The van der Waals surface area contributed by atoms with Gasteiger partial charge in [-0.3, -0.25) is 0 Å². The van der Waals surface area contributed by atoms with E-state index < -0.39 is 0 Å². The lowest BCUT2D eigenvalue weighted by atomic mass is 9.82. The van der Waals surface area contributed by atoms with Crippen LogP contribution in [0.2, 0.25) is 0 Å². The molecule has 0 aliphatic heterocycles. The largest absolute Gasteiger partial charge is 0.455 e. The van der Waals surface area contributed by atoms with E-state index in [0.29, 0.717) is 0 Å². The minimum atomic E-state index is -0.0404. The molecule has 11 rings (SSSR count). The van der Waals surface area contributed by atoms with Crippen LogP contribution in [-0.2, 0) is 5.41 Å². The van der Waals surface area contributed by atoms with Crippen molar-refractivity contribution in [2.24, 2.45) is 0 Å². The van der Waals surface area contributed by atoms with Gasteiger partial charge in [0.2, 0.25) is 0 Å². The van der Waals surface area contributed by atoms with Gasteiger partial charge in [0.15, 0.2) is 0 Å². The molecule has 0 atom stereocenters. The molecule has 0 saturated carbocycles. The number of benzene rings is 9.